The Kier molecular flexibility index (Phi) is 6.74. The van der Waals surface area contributed by atoms with E-state index in [9.17, 15) is 5.11 Å². The van der Waals surface area contributed by atoms with Gasteiger partial charge in [-0.2, -0.15) is 0 Å². The van der Waals surface area contributed by atoms with Gasteiger partial charge < -0.3 is 19.3 Å². The SMILES string of the molecule is COc1ccc(COCCC[C@H]2O[C@@H](C3=CCCCC3)C[C@@]2(C)O)cc1. The normalized spacial score (nSPS) is 28.8. The summed E-state index contributed by atoms with van der Waals surface area (Å²) in [5.74, 6) is 0.858. The van der Waals surface area contributed by atoms with Gasteiger partial charge in [-0.3, -0.25) is 0 Å². The lowest BCUT2D eigenvalue weighted by atomic mass is 9.88. The van der Waals surface area contributed by atoms with Crippen molar-refractivity contribution < 1.29 is 19.3 Å². The Hall–Kier alpha value is -1.36. The number of ether oxygens (including phenoxy) is 3. The van der Waals surface area contributed by atoms with Gasteiger partial charge in [0.2, 0.25) is 0 Å². The van der Waals surface area contributed by atoms with Gasteiger partial charge in [0, 0.05) is 13.0 Å². The smallest absolute Gasteiger partial charge is 0.118 e. The fourth-order valence-electron chi connectivity index (χ4n) is 3.94. The van der Waals surface area contributed by atoms with Crippen LogP contribution in [0.2, 0.25) is 0 Å². The van der Waals surface area contributed by atoms with Crippen molar-refractivity contribution in [2.24, 2.45) is 0 Å². The molecule has 1 heterocycles. The molecular formula is C22H32O4. The topological polar surface area (TPSA) is 47.9 Å². The van der Waals surface area contributed by atoms with Crippen LogP contribution in [0.15, 0.2) is 35.9 Å². The van der Waals surface area contributed by atoms with Gasteiger partial charge in [0.1, 0.15) is 5.75 Å². The van der Waals surface area contributed by atoms with Gasteiger partial charge in [0.15, 0.2) is 0 Å². The summed E-state index contributed by atoms with van der Waals surface area (Å²) in [5, 5.41) is 10.7. The minimum atomic E-state index is -0.737. The first-order valence-electron chi connectivity index (χ1n) is 9.86. The van der Waals surface area contributed by atoms with Crippen LogP contribution in [0.3, 0.4) is 0 Å². The fourth-order valence-corrected chi connectivity index (χ4v) is 3.94. The Morgan fingerprint density at radius 2 is 2.04 bits per heavy atom. The van der Waals surface area contributed by atoms with E-state index >= 15 is 0 Å². The van der Waals surface area contributed by atoms with Crippen LogP contribution in [-0.2, 0) is 16.1 Å². The second kappa shape index (κ2) is 9.03. The molecule has 1 aromatic rings. The molecule has 3 rings (SSSR count). The van der Waals surface area contributed by atoms with Gasteiger partial charge in [-0.05, 0) is 68.7 Å². The van der Waals surface area contributed by atoms with Crippen LogP contribution < -0.4 is 4.74 Å². The molecule has 1 aromatic carbocycles. The number of rotatable bonds is 8. The average molecular weight is 360 g/mol. The highest BCUT2D eigenvalue weighted by Crippen LogP contribution is 2.38. The zero-order valence-corrected chi connectivity index (χ0v) is 16.1. The Bertz CT molecular complexity index is 591. The summed E-state index contributed by atoms with van der Waals surface area (Å²) in [5.41, 5.74) is 1.80. The number of hydrogen-bond acceptors (Lipinski definition) is 4. The third-order valence-electron chi connectivity index (χ3n) is 5.54. The van der Waals surface area contributed by atoms with Gasteiger partial charge in [-0.25, -0.2) is 0 Å². The Morgan fingerprint density at radius 1 is 1.23 bits per heavy atom. The molecule has 0 radical (unpaired) electrons. The third kappa shape index (κ3) is 5.09. The molecule has 26 heavy (non-hydrogen) atoms. The van der Waals surface area contributed by atoms with E-state index in [2.05, 4.69) is 6.08 Å². The molecule has 1 aliphatic carbocycles. The lowest BCUT2D eigenvalue weighted by Gasteiger charge is -2.23. The molecule has 0 aromatic heterocycles. The van der Waals surface area contributed by atoms with E-state index in [1.807, 2.05) is 31.2 Å². The van der Waals surface area contributed by atoms with Crippen LogP contribution >= 0.6 is 0 Å². The molecule has 3 atom stereocenters. The predicted molar refractivity (Wildman–Crippen MR) is 102 cm³/mol. The van der Waals surface area contributed by atoms with E-state index in [1.165, 1.54) is 18.4 Å². The van der Waals surface area contributed by atoms with E-state index in [0.717, 1.165) is 43.4 Å². The van der Waals surface area contributed by atoms with Crippen LogP contribution in [0.5, 0.6) is 5.75 Å². The molecule has 144 valence electrons. The van der Waals surface area contributed by atoms with Crippen molar-refractivity contribution in [1.29, 1.82) is 0 Å². The van der Waals surface area contributed by atoms with Crippen molar-refractivity contribution in [3.05, 3.63) is 41.5 Å². The second-order valence-electron chi connectivity index (χ2n) is 7.74. The number of benzene rings is 1. The Balaban J connectivity index is 1.39. The Morgan fingerprint density at radius 3 is 2.73 bits per heavy atom. The van der Waals surface area contributed by atoms with Crippen molar-refractivity contribution >= 4 is 0 Å². The van der Waals surface area contributed by atoms with Gasteiger partial charge >= 0.3 is 0 Å². The minimum absolute atomic E-state index is 0.0973. The molecule has 1 fully saturated rings. The summed E-state index contributed by atoms with van der Waals surface area (Å²) in [4.78, 5) is 0. The van der Waals surface area contributed by atoms with Crippen molar-refractivity contribution in [2.75, 3.05) is 13.7 Å². The van der Waals surface area contributed by atoms with Crippen molar-refractivity contribution in [3.8, 4) is 5.75 Å². The minimum Gasteiger partial charge on any atom is -0.497 e. The average Bonchev–Trinajstić information content (AvgIpc) is 2.97. The summed E-state index contributed by atoms with van der Waals surface area (Å²) in [7, 11) is 1.67. The molecule has 2 aliphatic rings. The van der Waals surface area contributed by atoms with E-state index in [4.69, 9.17) is 14.2 Å². The zero-order valence-electron chi connectivity index (χ0n) is 16.1. The molecule has 0 spiro atoms. The van der Waals surface area contributed by atoms with Gasteiger partial charge in [0.25, 0.3) is 0 Å². The second-order valence-corrected chi connectivity index (χ2v) is 7.74. The molecular weight excluding hydrogens is 328 g/mol. The highest BCUT2D eigenvalue weighted by molar-refractivity contribution is 5.26. The maximum absolute atomic E-state index is 10.7. The first-order valence-corrected chi connectivity index (χ1v) is 9.86. The first kappa shape index (κ1) is 19.4. The number of hydrogen-bond donors (Lipinski definition) is 1. The van der Waals surface area contributed by atoms with Gasteiger partial charge in [-0.15, -0.1) is 0 Å². The molecule has 1 N–H and O–H groups in total. The first-order chi connectivity index (χ1) is 12.6. The van der Waals surface area contributed by atoms with Crippen molar-refractivity contribution in [2.45, 2.75) is 76.3 Å². The highest BCUT2D eigenvalue weighted by atomic mass is 16.5. The van der Waals surface area contributed by atoms with E-state index in [1.54, 1.807) is 7.11 Å². The van der Waals surface area contributed by atoms with Crippen molar-refractivity contribution in [3.63, 3.8) is 0 Å². The van der Waals surface area contributed by atoms with E-state index in [0.29, 0.717) is 13.2 Å². The predicted octanol–water partition coefficient (Wildman–Crippen LogP) is 4.40. The maximum Gasteiger partial charge on any atom is 0.118 e. The van der Waals surface area contributed by atoms with Crippen LogP contribution in [-0.4, -0.2) is 36.6 Å². The molecule has 0 bridgehead atoms. The van der Waals surface area contributed by atoms with E-state index < -0.39 is 5.60 Å². The van der Waals surface area contributed by atoms with Crippen LogP contribution in [0, 0.1) is 0 Å². The van der Waals surface area contributed by atoms with Crippen LogP contribution in [0.4, 0.5) is 0 Å². The molecule has 0 amide bonds. The highest BCUT2D eigenvalue weighted by Gasteiger charge is 2.44. The summed E-state index contributed by atoms with van der Waals surface area (Å²) < 4.78 is 17.2. The van der Waals surface area contributed by atoms with Gasteiger partial charge in [-0.1, -0.05) is 18.2 Å². The molecule has 1 aliphatic heterocycles. The number of aliphatic hydroxyl groups is 1. The largest absolute Gasteiger partial charge is 0.497 e. The van der Waals surface area contributed by atoms with Crippen LogP contribution in [0.25, 0.3) is 0 Å². The molecule has 1 saturated heterocycles. The third-order valence-corrected chi connectivity index (χ3v) is 5.54. The molecule has 0 unspecified atom stereocenters. The quantitative estimate of drug-likeness (QED) is 0.551. The number of methoxy groups -OCH3 is 1. The summed E-state index contributed by atoms with van der Waals surface area (Å²) in [6, 6.07) is 7.93. The van der Waals surface area contributed by atoms with E-state index in [-0.39, 0.29) is 12.2 Å². The van der Waals surface area contributed by atoms with Gasteiger partial charge in [0.05, 0.1) is 31.5 Å². The molecule has 4 nitrogen and oxygen atoms in total. The monoisotopic (exact) mass is 360 g/mol. The zero-order chi connectivity index (χ0) is 18.4. The van der Waals surface area contributed by atoms with Crippen LogP contribution in [0.1, 0.15) is 57.4 Å². The number of allylic oxidation sites excluding steroid dienone is 1. The Labute approximate surface area is 157 Å². The molecule has 0 saturated carbocycles. The lowest BCUT2D eigenvalue weighted by molar-refractivity contribution is -0.0410. The fraction of sp³-hybridized carbons (Fsp3) is 0.636. The summed E-state index contributed by atoms with van der Waals surface area (Å²) in [6.45, 7) is 3.19. The lowest BCUT2D eigenvalue weighted by Crippen LogP contribution is -2.34. The summed E-state index contributed by atoms with van der Waals surface area (Å²) >= 11 is 0. The standard InChI is InChI=1S/C22H32O4/c1-22(23)15-20(18-7-4-3-5-8-18)26-21(22)9-6-14-25-16-17-10-12-19(24-2)13-11-17/h7,10-13,20-21,23H,3-6,8-9,14-16H2,1-2H3/t20-,21-,22-/m1/s1. The van der Waals surface area contributed by atoms with Crippen molar-refractivity contribution in [1.82, 2.24) is 0 Å². The molecule has 4 heteroatoms. The maximum atomic E-state index is 10.7. The summed E-state index contributed by atoms with van der Waals surface area (Å²) in [6.07, 6.45) is 9.58.